The first-order valence-corrected chi connectivity index (χ1v) is 10.8. The molecule has 35 heavy (non-hydrogen) atoms. The number of hydrogen-bond donors (Lipinski definition) is 1. The number of hydrogen-bond acceptors (Lipinski definition) is 5. The van der Waals surface area contributed by atoms with Crippen LogP contribution in [0.5, 0.6) is 0 Å². The van der Waals surface area contributed by atoms with Gasteiger partial charge in [-0.3, -0.25) is 25.0 Å². The number of amides is 1. The van der Waals surface area contributed by atoms with Crippen LogP contribution in [-0.4, -0.2) is 15.8 Å². The van der Waals surface area contributed by atoms with Gasteiger partial charge in [0.1, 0.15) is 0 Å². The number of benzene rings is 4. The molecule has 0 aliphatic heterocycles. The lowest BCUT2D eigenvalue weighted by atomic mass is 9.81. The molecule has 0 aromatic heterocycles. The maximum Gasteiger partial charge on any atom is 0.277 e. The third-order valence-electron chi connectivity index (χ3n) is 5.68. The molecular weight excluding hydrogens is 446 g/mol. The minimum atomic E-state index is -0.755. The zero-order valence-electron chi connectivity index (χ0n) is 18.5. The van der Waals surface area contributed by atoms with Crippen LogP contribution in [0, 0.1) is 20.2 Å². The first-order chi connectivity index (χ1) is 16.9. The van der Waals surface area contributed by atoms with Crippen molar-refractivity contribution in [1.82, 2.24) is 5.32 Å². The van der Waals surface area contributed by atoms with E-state index in [1.54, 1.807) is 0 Å². The first kappa shape index (κ1) is 23.3. The summed E-state index contributed by atoms with van der Waals surface area (Å²) in [5.74, 6) is -0.944. The molecule has 0 radical (unpaired) electrons. The Kier molecular flexibility index (Phi) is 6.92. The van der Waals surface area contributed by atoms with Crippen molar-refractivity contribution in [3.8, 4) is 0 Å². The number of carbonyl (C=O) groups excluding carboxylic acids is 1. The highest BCUT2D eigenvalue weighted by molar-refractivity contribution is 5.96. The number of carbonyl (C=O) groups is 1. The summed E-state index contributed by atoms with van der Waals surface area (Å²) in [4.78, 5) is 34.5. The van der Waals surface area contributed by atoms with E-state index >= 15 is 0 Å². The van der Waals surface area contributed by atoms with Gasteiger partial charge in [-0.25, -0.2) is 0 Å². The molecule has 0 saturated heterocycles. The van der Waals surface area contributed by atoms with E-state index < -0.39 is 33.2 Å². The van der Waals surface area contributed by atoms with Gasteiger partial charge in [-0.05, 0) is 16.7 Å². The maximum atomic E-state index is 13.4. The van der Waals surface area contributed by atoms with Gasteiger partial charge in [0.05, 0.1) is 27.5 Å². The molecule has 0 saturated carbocycles. The topological polar surface area (TPSA) is 115 Å². The molecule has 0 unspecified atom stereocenters. The Hall–Kier alpha value is -4.85. The summed E-state index contributed by atoms with van der Waals surface area (Å²) < 4.78 is 0. The molecule has 8 nitrogen and oxygen atoms in total. The minimum absolute atomic E-state index is 0.160. The highest BCUT2D eigenvalue weighted by atomic mass is 16.6. The van der Waals surface area contributed by atoms with Crippen molar-refractivity contribution in [3.05, 3.63) is 152 Å². The van der Waals surface area contributed by atoms with Gasteiger partial charge in [0.2, 0.25) is 0 Å². The molecule has 4 rings (SSSR count). The van der Waals surface area contributed by atoms with Gasteiger partial charge < -0.3 is 5.32 Å². The van der Waals surface area contributed by atoms with Gasteiger partial charge in [-0.2, -0.15) is 0 Å². The standard InChI is InChI=1S/C27H21N3O5/c31-27(22-16-23(29(32)33)18-24(17-22)30(34)35)28-26(21-14-8-3-9-15-21)25(19-10-4-1-5-11-19)20-12-6-2-7-13-20/h1-18,25-26H,(H,28,31)/t26-/m1/s1. The Morgan fingerprint density at radius 3 is 1.43 bits per heavy atom. The molecule has 4 aromatic rings. The second-order valence-corrected chi connectivity index (χ2v) is 7.91. The maximum absolute atomic E-state index is 13.4. The molecule has 174 valence electrons. The van der Waals surface area contributed by atoms with Gasteiger partial charge in [0, 0.05) is 18.1 Å². The van der Waals surface area contributed by atoms with Gasteiger partial charge in [0.25, 0.3) is 17.3 Å². The van der Waals surface area contributed by atoms with Crippen molar-refractivity contribution in [3.63, 3.8) is 0 Å². The molecule has 0 fully saturated rings. The summed E-state index contributed by atoms with van der Waals surface area (Å²) in [5.41, 5.74) is 1.52. The summed E-state index contributed by atoms with van der Waals surface area (Å²) in [5, 5.41) is 25.6. The normalized spacial score (nSPS) is 11.6. The van der Waals surface area contributed by atoms with Crippen LogP contribution in [-0.2, 0) is 0 Å². The van der Waals surface area contributed by atoms with E-state index in [1.807, 2.05) is 91.0 Å². The van der Waals surface area contributed by atoms with Crippen LogP contribution in [0.3, 0.4) is 0 Å². The summed E-state index contributed by atoms with van der Waals surface area (Å²) in [6.07, 6.45) is 0. The second-order valence-electron chi connectivity index (χ2n) is 7.91. The van der Waals surface area contributed by atoms with Crippen molar-refractivity contribution in [1.29, 1.82) is 0 Å². The number of rotatable bonds is 8. The third kappa shape index (κ3) is 5.39. The summed E-state index contributed by atoms with van der Waals surface area (Å²) in [6, 6.07) is 31.1. The van der Waals surface area contributed by atoms with Crippen LogP contribution >= 0.6 is 0 Å². The predicted octanol–water partition coefficient (Wildman–Crippen LogP) is 5.81. The minimum Gasteiger partial charge on any atom is -0.344 e. The van der Waals surface area contributed by atoms with Crippen LogP contribution < -0.4 is 5.32 Å². The molecule has 0 heterocycles. The fourth-order valence-electron chi connectivity index (χ4n) is 4.08. The molecule has 0 aliphatic carbocycles. The molecule has 0 spiro atoms. The van der Waals surface area contributed by atoms with E-state index in [0.717, 1.165) is 34.9 Å². The number of nitro groups is 2. The van der Waals surface area contributed by atoms with Crippen LogP contribution in [0.4, 0.5) is 11.4 Å². The Morgan fingerprint density at radius 2 is 1.03 bits per heavy atom. The number of nitrogens with one attached hydrogen (secondary N) is 1. The van der Waals surface area contributed by atoms with Crippen LogP contribution in [0.15, 0.2) is 109 Å². The highest BCUT2D eigenvalue weighted by Gasteiger charge is 2.29. The highest BCUT2D eigenvalue weighted by Crippen LogP contribution is 2.37. The van der Waals surface area contributed by atoms with Crippen molar-refractivity contribution in [2.75, 3.05) is 0 Å². The number of non-ortho nitro benzene ring substituents is 2. The molecule has 0 bridgehead atoms. The molecule has 1 amide bonds. The monoisotopic (exact) mass is 467 g/mol. The molecule has 4 aromatic carbocycles. The Labute approximate surface area is 201 Å². The van der Waals surface area contributed by atoms with E-state index in [2.05, 4.69) is 5.32 Å². The molecule has 1 N–H and O–H groups in total. The summed E-state index contributed by atoms with van der Waals surface area (Å²) >= 11 is 0. The fraction of sp³-hybridized carbons (Fsp3) is 0.0741. The first-order valence-electron chi connectivity index (χ1n) is 10.8. The van der Waals surface area contributed by atoms with Crippen molar-refractivity contribution < 1.29 is 14.6 Å². The van der Waals surface area contributed by atoms with E-state index in [-0.39, 0.29) is 11.5 Å². The molecule has 0 aliphatic rings. The number of nitrogens with zero attached hydrogens (tertiary/aromatic N) is 2. The lowest BCUT2D eigenvalue weighted by Gasteiger charge is -2.29. The second kappa shape index (κ2) is 10.4. The van der Waals surface area contributed by atoms with Crippen molar-refractivity contribution in [2.45, 2.75) is 12.0 Å². The average Bonchev–Trinajstić information content (AvgIpc) is 2.89. The Bertz CT molecular complexity index is 1270. The van der Waals surface area contributed by atoms with Crippen molar-refractivity contribution >= 4 is 17.3 Å². The van der Waals surface area contributed by atoms with E-state index in [0.29, 0.717) is 0 Å². The van der Waals surface area contributed by atoms with Gasteiger partial charge in [0.15, 0.2) is 0 Å². The quantitative estimate of drug-likeness (QED) is 0.259. The van der Waals surface area contributed by atoms with Crippen LogP contribution in [0.25, 0.3) is 0 Å². The van der Waals surface area contributed by atoms with Crippen molar-refractivity contribution in [2.24, 2.45) is 0 Å². The lowest BCUT2D eigenvalue weighted by Crippen LogP contribution is -2.33. The molecule has 8 heteroatoms. The van der Waals surface area contributed by atoms with Gasteiger partial charge in [-0.1, -0.05) is 91.0 Å². The van der Waals surface area contributed by atoms with E-state index in [4.69, 9.17) is 0 Å². The molecule has 1 atom stereocenters. The zero-order chi connectivity index (χ0) is 24.8. The van der Waals surface area contributed by atoms with E-state index in [1.165, 1.54) is 0 Å². The smallest absolute Gasteiger partial charge is 0.277 e. The SMILES string of the molecule is O=C(N[C@H](c1ccccc1)C(c1ccccc1)c1ccccc1)c1cc([N+](=O)[O-])cc([N+](=O)[O-])c1. The van der Waals surface area contributed by atoms with Crippen LogP contribution in [0.1, 0.15) is 39.0 Å². The van der Waals surface area contributed by atoms with Gasteiger partial charge >= 0.3 is 0 Å². The Balaban J connectivity index is 1.81. The Morgan fingerprint density at radius 1 is 0.629 bits per heavy atom. The third-order valence-corrected chi connectivity index (χ3v) is 5.68. The predicted molar refractivity (Wildman–Crippen MR) is 131 cm³/mol. The van der Waals surface area contributed by atoms with Crippen LogP contribution in [0.2, 0.25) is 0 Å². The fourth-order valence-corrected chi connectivity index (χ4v) is 4.08. The number of nitro benzene ring substituents is 2. The zero-order valence-corrected chi connectivity index (χ0v) is 18.5. The van der Waals surface area contributed by atoms with E-state index in [9.17, 15) is 25.0 Å². The average molecular weight is 467 g/mol. The largest absolute Gasteiger partial charge is 0.344 e. The molecular formula is C27H21N3O5. The summed E-state index contributed by atoms with van der Waals surface area (Å²) in [6.45, 7) is 0. The summed E-state index contributed by atoms with van der Waals surface area (Å²) in [7, 11) is 0. The van der Waals surface area contributed by atoms with Gasteiger partial charge in [-0.15, -0.1) is 0 Å². The lowest BCUT2D eigenvalue weighted by molar-refractivity contribution is -0.394.